The zero-order chi connectivity index (χ0) is 14.0. The number of aromatic nitrogens is 4. The molecular formula is C13H20N4S2. The van der Waals surface area contributed by atoms with E-state index >= 15 is 0 Å². The summed E-state index contributed by atoms with van der Waals surface area (Å²) in [6, 6.07) is 0.387. The SMILES string of the molecule is CC(C)n1cnnc1SCc1csc(C(C)(C)C)n1. The van der Waals surface area contributed by atoms with Gasteiger partial charge in [-0.25, -0.2) is 4.98 Å². The van der Waals surface area contributed by atoms with Crippen molar-refractivity contribution in [3.8, 4) is 0 Å². The molecule has 0 aliphatic carbocycles. The van der Waals surface area contributed by atoms with Crippen LogP contribution in [-0.2, 0) is 11.2 Å². The third kappa shape index (κ3) is 3.57. The smallest absolute Gasteiger partial charge is 0.191 e. The summed E-state index contributed by atoms with van der Waals surface area (Å²) in [6.07, 6.45) is 1.79. The Bertz CT molecular complexity index is 537. The molecule has 2 aromatic rings. The van der Waals surface area contributed by atoms with Crippen LogP contribution in [0.5, 0.6) is 0 Å². The first kappa shape index (κ1) is 14.5. The highest BCUT2D eigenvalue weighted by atomic mass is 32.2. The lowest BCUT2D eigenvalue weighted by Gasteiger charge is -2.13. The molecule has 0 radical (unpaired) electrons. The second-order valence-corrected chi connectivity index (χ2v) is 7.60. The van der Waals surface area contributed by atoms with Crippen molar-refractivity contribution in [2.24, 2.45) is 0 Å². The van der Waals surface area contributed by atoms with Gasteiger partial charge in [-0.1, -0.05) is 32.5 Å². The highest BCUT2D eigenvalue weighted by molar-refractivity contribution is 7.98. The first-order chi connectivity index (χ1) is 8.88. The van der Waals surface area contributed by atoms with Crippen LogP contribution in [0.2, 0.25) is 0 Å². The van der Waals surface area contributed by atoms with Gasteiger partial charge in [0, 0.05) is 22.6 Å². The second kappa shape index (κ2) is 5.63. The molecule has 2 heterocycles. The Balaban J connectivity index is 2.03. The van der Waals surface area contributed by atoms with Gasteiger partial charge in [0.25, 0.3) is 0 Å². The summed E-state index contributed by atoms with van der Waals surface area (Å²) in [6.45, 7) is 10.8. The van der Waals surface area contributed by atoms with E-state index in [1.165, 1.54) is 5.01 Å². The van der Waals surface area contributed by atoms with Gasteiger partial charge in [0.1, 0.15) is 6.33 Å². The van der Waals surface area contributed by atoms with Crippen LogP contribution >= 0.6 is 23.1 Å². The Morgan fingerprint density at radius 1 is 1.37 bits per heavy atom. The Labute approximate surface area is 122 Å². The molecule has 2 aromatic heterocycles. The third-order valence-corrected chi connectivity index (χ3v) is 4.95. The van der Waals surface area contributed by atoms with Crippen LogP contribution in [-0.4, -0.2) is 19.7 Å². The Hall–Kier alpha value is -0.880. The number of hydrogen-bond acceptors (Lipinski definition) is 5. The summed E-state index contributed by atoms with van der Waals surface area (Å²) in [5.74, 6) is 0.845. The molecule has 0 atom stereocenters. The average Bonchev–Trinajstić information content (AvgIpc) is 2.94. The number of nitrogens with zero attached hydrogens (tertiary/aromatic N) is 4. The molecule has 0 bridgehead atoms. The first-order valence-electron chi connectivity index (χ1n) is 6.35. The number of hydrogen-bond donors (Lipinski definition) is 0. The molecule has 0 saturated heterocycles. The third-order valence-electron chi connectivity index (χ3n) is 2.64. The van der Waals surface area contributed by atoms with Crippen molar-refractivity contribution in [2.45, 2.75) is 57.0 Å². The van der Waals surface area contributed by atoms with Gasteiger partial charge in [-0.05, 0) is 13.8 Å². The van der Waals surface area contributed by atoms with Gasteiger partial charge in [0.15, 0.2) is 5.16 Å². The molecule has 2 rings (SSSR count). The molecule has 0 aliphatic rings. The van der Waals surface area contributed by atoms with Crippen molar-refractivity contribution in [1.29, 1.82) is 0 Å². The molecule has 0 aromatic carbocycles. The summed E-state index contributed by atoms with van der Waals surface area (Å²) >= 11 is 3.43. The molecule has 0 amide bonds. The van der Waals surface area contributed by atoms with E-state index in [2.05, 4.69) is 54.8 Å². The van der Waals surface area contributed by atoms with E-state index in [1.54, 1.807) is 29.4 Å². The summed E-state index contributed by atoms with van der Waals surface area (Å²) in [5.41, 5.74) is 1.25. The maximum Gasteiger partial charge on any atom is 0.191 e. The monoisotopic (exact) mass is 296 g/mol. The van der Waals surface area contributed by atoms with E-state index in [0.29, 0.717) is 6.04 Å². The van der Waals surface area contributed by atoms with Gasteiger partial charge in [-0.3, -0.25) is 0 Å². The van der Waals surface area contributed by atoms with Crippen molar-refractivity contribution < 1.29 is 0 Å². The molecular weight excluding hydrogens is 276 g/mol. The largest absolute Gasteiger partial charge is 0.306 e. The van der Waals surface area contributed by atoms with Crippen molar-refractivity contribution in [2.75, 3.05) is 0 Å². The zero-order valence-corrected chi connectivity index (χ0v) is 13.7. The Morgan fingerprint density at radius 3 is 2.68 bits per heavy atom. The predicted octanol–water partition coefficient (Wildman–Crippen LogP) is 3.91. The minimum atomic E-state index is 0.130. The van der Waals surface area contributed by atoms with Gasteiger partial charge in [-0.15, -0.1) is 21.5 Å². The molecule has 104 valence electrons. The molecule has 0 spiro atoms. The fourth-order valence-electron chi connectivity index (χ4n) is 1.55. The Kier molecular flexibility index (Phi) is 4.30. The highest BCUT2D eigenvalue weighted by Crippen LogP contribution is 2.28. The fraction of sp³-hybridized carbons (Fsp3) is 0.615. The van der Waals surface area contributed by atoms with E-state index in [9.17, 15) is 0 Å². The van der Waals surface area contributed by atoms with Crippen LogP contribution in [0.1, 0.15) is 51.4 Å². The molecule has 19 heavy (non-hydrogen) atoms. The second-order valence-electron chi connectivity index (χ2n) is 5.80. The molecule has 0 fully saturated rings. The van der Waals surface area contributed by atoms with Crippen molar-refractivity contribution >= 4 is 23.1 Å². The topological polar surface area (TPSA) is 43.6 Å². The zero-order valence-electron chi connectivity index (χ0n) is 12.0. The lowest BCUT2D eigenvalue weighted by molar-refractivity contribution is 0.549. The molecule has 0 saturated carbocycles. The maximum atomic E-state index is 4.70. The van der Waals surface area contributed by atoms with Gasteiger partial charge < -0.3 is 4.57 Å². The van der Waals surface area contributed by atoms with Gasteiger partial charge in [-0.2, -0.15) is 0 Å². The predicted molar refractivity (Wildman–Crippen MR) is 80.8 cm³/mol. The van der Waals surface area contributed by atoms with Gasteiger partial charge >= 0.3 is 0 Å². The minimum Gasteiger partial charge on any atom is -0.306 e. The van der Waals surface area contributed by atoms with Crippen molar-refractivity contribution in [3.05, 3.63) is 22.4 Å². The summed E-state index contributed by atoms with van der Waals surface area (Å²) < 4.78 is 2.09. The fourth-order valence-corrected chi connectivity index (χ4v) is 3.50. The lowest BCUT2D eigenvalue weighted by Crippen LogP contribution is -2.10. The van der Waals surface area contributed by atoms with Crippen LogP contribution in [0.15, 0.2) is 16.9 Å². The molecule has 6 heteroatoms. The Morgan fingerprint density at radius 2 is 2.11 bits per heavy atom. The molecule has 0 N–H and O–H groups in total. The summed E-state index contributed by atoms with van der Waals surface area (Å²) in [4.78, 5) is 4.70. The standard InChI is InChI=1S/C13H20N4S2/c1-9(2)17-8-14-16-12(17)19-7-10-6-18-11(15-10)13(3,4)5/h6,8-9H,7H2,1-5H3. The number of rotatable bonds is 4. The van der Waals surface area contributed by atoms with E-state index in [4.69, 9.17) is 4.98 Å². The highest BCUT2D eigenvalue weighted by Gasteiger charge is 2.18. The van der Waals surface area contributed by atoms with E-state index < -0.39 is 0 Å². The van der Waals surface area contributed by atoms with Gasteiger partial charge in [0.05, 0.1) is 10.7 Å². The molecule has 0 aliphatic heterocycles. The van der Waals surface area contributed by atoms with Crippen LogP contribution in [0.3, 0.4) is 0 Å². The van der Waals surface area contributed by atoms with E-state index in [-0.39, 0.29) is 5.41 Å². The quantitative estimate of drug-likeness (QED) is 0.802. The van der Waals surface area contributed by atoms with Crippen LogP contribution in [0.4, 0.5) is 0 Å². The summed E-state index contributed by atoms with van der Waals surface area (Å²) in [7, 11) is 0. The van der Waals surface area contributed by atoms with E-state index in [1.807, 2.05) is 0 Å². The minimum absolute atomic E-state index is 0.130. The van der Waals surface area contributed by atoms with Crippen molar-refractivity contribution in [1.82, 2.24) is 19.7 Å². The number of thiazole rings is 1. The van der Waals surface area contributed by atoms with Crippen molar-refractivity contribution in [3.63, 3.8) is 0 Å². The maximum absolute atomic E-state index is 4.70. The molecule has 4 nitrogen and oxygen atoms in total. The average molecular weight is 296 g/mol. The van der Waals surface area contributed by atoms with E-state index in [0.717, 1.165) is 16.6 Å². The normalized spacial score (nSPS) is 12.3. The van der Waals surface area contributed by atoms with Gasteiger partial charge in [0.2, 0.25) is 0 Å². The van der Waals surface area contributed by atoms with Crippen LogP contribution in [0, 0.1) is 0 Å². The summed E-state index contributed by atoms with van der Waals surface area (Å²) in [5, 5.41) is 12.4. The molecule has 0 unspecified atom stereocenters. The first-order valence-corrected chi connectivity index (χ1v) is 8.21. The number of thioether (sulfide) groups is 1. The van der Waals surface area contributed by atoms with Crippen LogP contribution in [0.25, 0.3) is 0 Å². The lowest BCUT2D eigenvalue weighted by atomic mass is 9.98. The van der Waals surface area contributed by atoms with Crippen LogP contribution < -0.4 is 0 Å².